The number of benzene rings is 1. The number of hydrogen-bond donors (Lipinski definition) is 3. The minimum Gasteiger partial charge on any atom is -0.507 e. The normalized spacial score (nSPS) is 10.6. The highest BCUT2D eigenvalue weighted by Crippen LogP contribution is 2.19. The molecule has 5 heteroatoms. The van der Waals surface area contributed by atoms with Gasteiger partial charge in [-0.25, -0.2) is 0 Å². The highest BCUT2D eigenvalue weighted by molar-refractivity contribution is 6.05. The first-order valence-electron chi connectivity index (χ1n) is 6.30. The van der Waals surface area contributed by atoms with Crippen molar-refractivity contribution in [1.29, 1.82) is 0 Å². The van der Waals surface area contributed by atoms with Gasteiger partial charge in [0.1, 0.15) is 5.75 Å². The zero-order valence-corrected chi connectivity index (χ0v) is 11.3. The molecule has 3 N–H and O–H groups in total. The molecule has 1 heterocycles. The van der Waals surface area contributed by atoms with E-state index >= 15 is 0 Å². The molecule has 0 saturated heterocycles. The Morgan fingerprint density at radius 2 is 1.90 bits per heavy atom. The minimum absolute atomic E-state index is 0.0255. The van der Waals surface area contributed by atoms with Crippen molar-refractivity contribution in [3.05, 3.63) is 58.0 Å². The standard InChI is InChI=1S/C15H16N2O3/c1-9(2)10-3-5-11(6-4-10)17-15(20)12-8-16-14(19)7-13(12)18/h3-9H,1-2H3,(H,17,20)(H2,16,18,19). The first kappa shape index (κ1) is 13.9. The maximum Gasteiger partial charge on any atom is 0.260 e. The van der Waals surface area contributed by atoms with Gasteiger partial charge in [0.05, 0.1) is 5.56 Å². The molecule has 0 saturated carbocycles. The van der Waals surface area contributed by atoms with E-state index in [1.807, 2.05) is 12.1 Å². The van der Waals surface area contributed by atoms with Gasteiger partial charge in [-0.2, -0.15) is 0 Å². The second kappa shape index (κ2) is 5.61. The van der Waals surface area contributed by atoms with Gasteiger partial charge in [-0.3, -0.25) is 9.59 Å². The Balaban J connectivity index is 2.17. The summed E-state index contributed by atoms with van der Waals surface area (Å²) in [5.74, 6) is -0.399. The summed E-state index contributed by atoms with van der Waals surface area (Å²) in [5.41, 5.74) is 1.37. The molecule has 0 radical (unpaired) electrons. The number of nitrogens with one attached hydrogen (secondary N) is 2. The number of hydrogen-bond acceptors (Lipinski definition) is 3. The largest absolute Gasteiger partial charge is 0.507 e. The number of amides is 1. The van der Waals surface area contributed by atoms with E-state index in [1.165, 1.54) is 11.8 Å². The molecule has 5 nitrogen and oxygen atoms in total. The fraction of sp³-hybridized carbons (Fsp3) is 0.200. The molecular formula is C15H16N2O3. The number of anilines is 1. The lowest BCUT2D eigenvalue weighted by atomic mass is 10.0. The number of carbonyl (C=O) groups excluding carboxylic acids is 1. The molecular weight excluding hydrogens is 256 g/mol. The van der Waals surface area contributed by atoms with Crippen LogP contribution in [-0.4, -0.2) is 16.0 Å². The van der Waals surface area contributed by atoms with Gasteiger partial charge in [-0.05, 0) is 23.6 Å². The Bertz CT molecular complexity index is 672. The van der Waals surface area contributed by atoms with Gasteiger partial charge >= 0.3 is 0 Å². The van der Waals surface area contributed by atoms with Crippen LogP contribution in [0.3, 0.4) is 0 Å². The van der Waals surface area contributed by atoms with Crippen molar-refractivity contribution in [3.8, 4) is 5.75 Å². The van der Waals surface area contributed by atoms with Crippen LogP contribution < -0.4 is 10.9 Å². The van der Waals surface area contributed by atoms with Crippen molar-refractivity contribution < 1.29 is 9.90 Å². The van der Waals surface area contributed by atoms with E-state index in [4.69, 9.17) is 0 Å². The van der Waals surface area contributed by atoms with Crippen molar-refractivity contribution in [3.63, 3.8) is 0 Å². The number of pyridine rings is 1. The van der Waals surface area contributed by atoms with Gasteiger partial charge in [0.2, 0.25) is 0 Å². The number of carbonyl (C=O) groups is 1. The van der Waals surface area contributed by atoms with E-state index in [0.717, 1.165) is 6.07 Å². The lowest BCUT2D eigenvalue weighted by molar-refractivity contribution is 0.102. The van der Waals surface area contributed by atoms with Crippen LogP contribution in [0.1, 0.15) is 35.7 Å². The smallest absolute Gasteiger partial charge is 0.260 e. The van der Waals surface area contributed by atoms with E-state index in [1.54, 1.807) is 12.1 Å². The Morgan fingerprint density at radius 1 is 1.25 bits per heavy atom. The van der Waals surface area contributed by atoms with Gasteiger partial charge < -0.3 is 15.4 Å². The average Bonchev–Trinajstić information content (AvgIpc) is 2.39. The lowest BCUT2D eigenvalue weighted by Gasteiger charge is -2.09. The molecule has 1 amide bonds. The van der Waals surface area contributed by atoms with Crippen molar-refractivity contribution >= 4 is 11.6 Å². The van der Waals surface area contributed by atoms with E-state index < -0.39 is 11.5 Å². The summed E-state index contributed by atoms with van der Waals surface area (Å²) in [6.07, 6.45) is 1.19. The summed E-state index contributed by atoms with van der Waals surface area (Å²) in [7, 11) is 0. The minimum atomic E-state index is -0.476. The van der Waals surface area contributed by atoms with Crippen LogP contribution in [0.5, 0.6) is 5.75 Å². The average molecular weight is 272 g/mol. The maximum absolute atomic E-state index is 12.0. The topological polar surface area (TPSA) is 82.2 Å². The molecule has 1 aromatic carbocycles. The number of H-pyrrole nitrogens is 1. The molecule has 104 valence electrons. The highest BCUT2D eigenvalue weighted by atomic mass is 16.3. The first-order chi connectivity index (χ1) is 9.47. The zero-order valence-electron chi connectivity index (χ0n) is 11.3. The van der Waals surface area contributed by atoms with Crippen LogP contribution in [-0.2, 0) is 0 Å². The molecule has 0 atom stereocenters. The molecule has 0 fully saturated rings. The van der Waals surface area contributed by atoms with Crippen molar-refractivity contribution in [2.75, 3.05) is 5.32 Å². The molecule has 0 bridgehead atoms. The molecule has 0 aliphatic carbocycles. The van der Waals surface area contributed by atoms with E-state index in [9.17, 15) is 14.7 Å². The quantitative estimate of drug-likeness (QED) is 0.802. The van der Waals surface area contributed by atoms with E-state index in [-0.39, 0.29) is 11.3 Å². The Morgan fingerprint density at radius 3 is 2.45 bits per heavy atom. The predicted octanol–water partition coefficient (Wildman–Crippen LogP) is 2.46. The molecule has 1 aromatic heterocycles. The van der Waals surface area contributed by atoms with E-state index in [0.29, 0.717) is 11.6 Å². The van der Waals surface area contributed by atoms with Crippen LogP contribution in [0.4, 0.5) is 5.69 Å². The predicted molar refractivity (Wildman–Crippen MR) is 77.2 cm³/mol. The summed E-state index contributed by atoms with van der Waals surface area (Å²) in [6.45, 7) is 4.18. The van der Waals surface area contributed by atoms with Crippen molar-refractivity contribution in [1.82, 2.24) is 4.98 Å². The summed E-state index contributed by atoms with van der Waals surface area (Å²) >= 11 is 0. The fourth-order valence-electron chi connectivity index (χ4n) is 1.79. The van der Waals surface area contributed by atoms with E-state index in [2.05, 4.69) is 24.1 Å². The van der Waals surface area contributed by atoms with Gasteiger partial charge in [0.25, 0.3) is 11.5 Å². The highest BCUT2D eigenvalue weighted by Gasteiger charge is 2.12. The zero-order chi connectivity index (χ0) is 14.7. The summed E-state index contributed by atoms with van der Waals surface area (Å²) in [6, 6.07) is 8.45. The molecule has 0 spiro atoms. The molecule has 20 heavy (non-hydrogen) atoms. The third-order valence-corrected chi connectivity index (χ3v) is 2.98. The van der Waals surface area contributed by atoms with Gasteiger partial charge in [-0.1, -0.05) is 26.0 Å². The summed E-state index contributed by atoms with van der Waals surface area (Å²) < 4.78 is 0. The molecule has 0 aliphatic rings. The van der Waals surface area contributed by atoms with Crippen molar-refractivity contribution in [2.24, 2.45) is 0 Å². The van der Waals surface area contributed by atoms with Crippen LogP contribution in [0, 0.1) is 0 Å². The number of aromatic nitrogens is 1. The van der Waals surface area contributed by atoms with Gasteiger partial charge in [0.15, 0.2) is 0 Å². The maximum atomic E-state index is 12.0. The SMILES string of the molecule is CC(C)c1ccc(NC(=O)c2c[nH]c(=O)cc2O)cc1. The van der Waals surface area contributed by atoms with Crippen LogP contribution in [0.15, 0.2) is 41.3 Å². The monoisotopic (exact) mass is 272 g/mol. The van der Waals surface area contributed by atoms with Gasteiger partial charge in [0, 0.05) is 18.0 Å². The lowest BCUT2D eigenvalue weighted by Crippen LogP contribution is -2.15. The second-order valence-corrected chi connectivity index (χ2v) is 4.83. The van der Waals surface area contributed by atoms with Crippen LogP contribution >= 0.6 is 0 Å². The number of aromatic hydroxyl groups is 1. The van der Waals surface area contributed by atoms with Crippen LogP contribution in [0.2, 0.25) is 0 Å². The number of rotatable bonds is 3. The fourth-order valence-corrected chi connectivity index (χ4v) is 1.79. The Labute approximate surface area is 116 Å². The van der Waals surface area contributed by atoms with Crippen molar-refractivity contribution in [2.45, 2.75) is 19.8 Å². The van der Waals surface area contributed by atoms with Crippen LogP contribution in [0.25, 0.3) is 0 Å². The third kappa shape index (κ3) is 3.06. The third-order valence-electron chi connectivity index (χ3n) is 2.98. The summed E-state index contributed by atoms with van der Waals surface area (Å²) in [5, 5.41) is 12.2. The molecule has 2 rings (SSSR count). The first-order valence-corrected chi connectivity index (χ1v) is 6.30. The van der Waals surface area contributed by atoms with Gasteiger partial charge in [-0.15, -0.1) is 0 Å². The molecule has 0 aliphatic heterocycles. The molecule has 0 unspecified atom stereocenters. The Hall–Kier alpha value is -2.56. The summed E-state index contributed by atoms with van der Waals surface area (Å²) in [4.78, 5) is 25.3. The Kier molecular flexibility index (Phi) is 3.89. The second-order valence-electron chi connectivity index (χ2n) is 4.83. The number of aromatic amines is 1. The molecule has 2 aromatic rings.